The van der Waals surface area contributed by atoms with Gasteiger partial charge in [0.25, 0.3) is 0 Å². The zero-order valence-electron chi connectivity index (χ0n) is 10.4. The van der Waals surface area contributed by atoms with E-state index >= 15 is 0 Å². The average molecular weight is 219 g/mol. The molecule has 1 aliphatic rings. The van der Waals surface area contributed by atoms with Gasteiger partial charge in [-0.3, -0.25) is 0 Å². The molecule has 2 nitrogen and oxygen atoms in total. The van der Waals surface area contributed by atoms with Crippen LogP contribution in [0.3, 0.4) is 0 Å². The fourth-order valence-corrected chi connectivity index (χ4v) is 2.50. The quantitative estimate of drug-likeness (QED) is 0.844. The van der Waals surface area contributed by atoms with E-state index in [1.165, 1.54) is 17.5 Å². The Labute approximate surface area is 98.0 Å². The molecule has 2 heteroatoms. The van der Waals surface area contributed by atoms with Crippen LogP contribution in [0.2, 0.25) is 0 Å². The molecule has 1 aromatic rings. The van der Waals surface area contributed by atoms with Crippen molar-refractivity contribution in [2.75, 3.05) is 13.7 Å². The van der Waals surface area contributed by atoms with E-state index in [-0.39, 0.29) is 0 Å². The summed E-state index contributed by atoms with van der Waals surface area (Å²) >= 11 is 0. The minimum absolute atomic E-state index is 0.538. The predicted octanol–water partition coefficient (Wildman–Crippen LogP) is 2.93. The van der Waals surface area contributed by atoms with Crippen molar-refractivity contribution in [3.63, 3.8) is 0 Å². The first-order valence-corrected chi connectivity index (χ1v) is 6.14. The summed E-state index contributed by atoms with van der Waals surface area (Å²) in [6, 6.07) is 6.99. The molecule has 1 heterocycles. The van der Waals surface area contributed by atoms with Gasteiger partial charge in [0.2, 0.25) is 0 Å². The lowest BCUT2D eigenvalue weighted by atomic mass is 9.95. The molecule has 1 aromatic carbocycles. The lowest BCUT2D eigenvalue weighted by Gasteiger charge is -2.16. The molecule has 0 aliphatic carbocycles. The van der Waals surface area contributed by atoms with Crippen LogP contribution in [0.4, 0.5) is 0 Å². The molecule has 88 valence electrons. The van der Waals surface area contributed by atoms with E-state index in [1.807, 2.05) is 0 Å². The summed E-state index contributed by atoms with van der Waals surface area (Å²) in [7, 11) is 1.73. The number of methoxy groups -OCH3 is 1. The highest BCUT2D eigenvalue weighted by atomic mass is 16.5. The van der Waals surface area contributed by atoms with Gasteiger partial charge >= 0.3 is 0 Å². The highest BCUT2D eigenvalue weighted by molar-refractivity contribution is 5.38. The van der Waals surface area contributed by atoms with Crippen molar-refractivity contribution < 1.29 is 4.74 Å². The van der Waals surface area contributed by atoms with Crippen LogP contribution in [-0.4, -0.2) is 13.7 Å². The van der Waals surface area contributed by atoms with Crippen molar-refractivity contribution in [1.82, 2.24) is 5.32 Å². The van der Waals surface area contributed by atoms with E-state index in [0.717, 1.165) is 24.6 Å². The Morgan fingerprint density at radius 1 is 1.44 bits per heavy atom. The van der Waals surface area contributed by atoms with Crippen LogP contribution in [-0.2, 0) is 6.42 Å². The number of rotatable bonds is 3. The van der Waals surface area contributed by atoms with Gasteiger partial charge in [-0.15, -0.1) is 0 Å². The second kappa shape index (κ2) is 4.88. The Morgan fingerprint density at radius 3 is 2.81 bits per heavy atom. The first kappa shape index (κ1) is 11.5. The van der Waals surface area contributed by atoms with Crippen molar-refractivity contribution in [3.05, 3.63) is 29.3 Å². The summed E-state index contributed by atoms with van der Waals surface area (Å²) in [5, 5.41) is 3.59. The van der Waals surface area contributed by atoms with E-state index in [9.17, 15) is 0 Å². The van der Waals surface area contributed by atoms with Crippen LogP contribution in [0, 0.1) is 5.92 Å². The molecule has 0 unspecified atom stereocenters. The van der Waals surface area contributed by atoms with Crippen molar-refractivity contribution in [3.8, 4) is 5.75 Å². The molecule has 1 saturated heterocycles. The third kappa shape index (κ3) is 2.22. The number of ether oxygens (including phenoxy) is 1. The normalized spacial score (nSPS) is 24.7. The molecule has 0 amide bonds. The first-order chi connectivity index (χ1) is 7.74. The van der Waals surface area contributed by atoms with Crippen LogP contribution in [0.5, 0.6) is 5.75 Å². The molecule has 0 radical (unpaired) electrons. The Hall–Kier alpha value is -1.02. The van der Waals surface area contributed by atoms with Crippen molar-refractivity contribution in [1.29, 1.82) is 0 Å². The minimum Gasteiger partial charge on any atom is -0.497 e. The highest BCUT2D eigenvalue weighted by Crippen LogP contribution is 2.31. The second-order valence-electron chi connectivity index (χ2n) is 4.72. The number of aryl methyl sites for hydroxylation is 1. The van der Waals surface area contributed by atoms with Gasteiger partial charge in [0, 0.05) is 6.04 Å². The largest absolute Gasteiger partial charge is 0.497 e. The third-order valence-corrected chi connectivity index (χ3v) is 3.46. The monoisotopic (exact) mass is 219 g/mol. The average Bonchev–Trinajstić information content (AvgIpc) is 2.74. The van der Waals surface area contributed by atoms with Gasteiger partial charge in [-0.2, -0.15) is 0 Å². The maximum absolute atomic E-state index is 5.28. The number of benzene rings is 1. The molecule has 1 aliphatic heterocycles. The van der Waals surface area contributed by atoms with Crippen LogP contribution in [0.25, 0.3) is 0 Å². The Kier molecular flexibility index (Phi) is 3.49. The van der Waals surface area contributed by atoms with Crippen molar-refractivity contribution in [2.24, 2.45) is 5.92 Å². The molecule has 16 heavy (non-hydrogen) atoms. The summed E-state index contributed by atoms with van der Waals surface area (Å²) < 4.78 is 5.28. The molecule has 2 rings (SSSR count). The van der Waals surface area contributed by atoms with Gasteiger partial charge in [0.1, 0.15) is 5.75 Å². The maximum atomic E-state index is 5.28. The fourth-order valence-electron chi connectivity index (χ4n) is 2.50. The summed E-state index contributed by atoms with van der Waals surface area (Å²) in [4.78, 5) is 0. The van der Waals surface area contributed by atoms with E-state index in [1.54, 1.807) is 7.11 Å². The van der Waals surface area contributed by atoms with Gasteiger partial charge in [-0.05, 0) is 48.6 Å². The number of hydrogen-bond acceptors (Lipinski definition) is 2. The summed E-state index contributed by atoms with van der Waals surface area (Å²) in [5.74, 6) is 1.75. The van der Waals surface area contributed by atoms with E-state index in [4.69, 9.17) is 4.74 Å². The minimum atomic E-state index is 0.538. The van der Waals surface area contributed by atoms with Crippen molar-refractivity contribution in [2.45, 2.75) is 32.7 Å². The van der Waals surface area contributed by atoms with Gasteiger partial charge < -0.3 is 10.1 Å². The number of nitrogens with one attached hydrogen (secondary N) is 1. The van der Waals surface area contributed by atoms with Crippen LogP contribution in [0.1, 0.15) is 37.4 Å². The van der Waals surface area contributed by atoms with Gasteiger partial charge in [0.05, 0.1) is 7.11 Å². The van der Waals surface area contributed by atoms with Crippen LogP contribution < -0.4 is 10.1 Å². The topological polar surface area (TPSA) is 21.3 Å². The molecular formula is C14H21NO. The number of hydrogen-bond donors (Lipinski definition) is 1. The summed E-state index contributed by atoms with van der Waals surface area (Å²) in [5.41, 5.74) is 2.86. The van der Waals surface area contributed by atoms with E-state index < -0.39 is 0 Å². The molecule has 1 N–H and O–H groups in total. The summed E-state index contributed by atoms with van der Waals surface area (Å²) in [6.45, 7) is 5.65. The van der Waals surface area contributed by atoms with Gasteiger partial charge in [-0.1, -0.05) is 19.9 Å². The second-order valence-corrected chi connectivity index (χ2v) is 4.72. The maximum Gasteiger partial charge on any atom is 0.119 e. The zero-order valence-corrected chi connectivity index (χ0v) is 10.4. The molecule has 1 fully saturated rings. The highest BCUT2D eigenvalue weighted by Gasteiger charge is 2.23. The van der Waals surface area contributed by atoms with Crippen molar-refractivity contribution >= 4 is 0 Å². The lowest BCUT2D eigenvalue weighted by Crippen LogP contribution is -2.15. The molecular weight excluding hydrogens is 198 g/mol. The Balaban J connectivity index is 2.26. The standard InChI is InChI=1S/C14H21NO/c1-4-11-8-12(16-3)5-6-13(11)14-7-10(2)9-15-14/h5-6,8,10,14-15H,4,7,9H2,1-3H3/t10-,14-/m1/s1. The van der Waals surface area contributed by atoms with E-state index in [2.05, 4.69) is 37.4 Å². The molecule has 0 spiro atoms. The fraction of sp³-hybridized carbons (Fsp3) is 0.571. The van der Waals surface area contributed by atoms with Crippen LogP contribution >= 0.6 is 0 Å². The van der Waals surface area contributed by atoms with E-state index in [0.29, 0.717) is 6.04 Å². The van der Waals surface area contributed by atoms with Gasteiger partial charge in [0.15, 0.2) is 0 Å². The molecule has 0 saturated carbocycles. The summed E-state index contributed by atoms with van der Waals surface area (Å²) in [6.07, 6.45) is 2.32. The molecule has 0 aromatic heterocycles. The SMILES string of the molecule is CCc1cc(OC)ccc1[C@H]1C[C@@H](C)CN1. The molecule has 0 bridgehead atoms. The molecule has 2 atom stereocenters. The zero-order chi connectivity index (χ0) is 11.5. The third-order valence-electron chi connectivity index (χ3n) is 3.46. The van der Waals surface area contributed by atoms with Gasteiger partial charge in [-0.25, -0.2) is 0 Å². The first-order valence-electron chi connectivity index (χ1n) is 6.14. The van der Waals surface area contributed by atoms with Crippen LogP contribution in [0.15, 0.2) is 18.2 Å². The Morgan fingerprint density at radius 2 is 2.25 bits per heavy atom. The lowest BCUT2D eigenvalue weighted by molar-refractivity contribution is 0.414. The predicted molar refractivity (Wildman–Crippen MR) is 66.9 cm³/mol. The Bertz CT molecular complexity index is 362. The smallest absolute Gasteiger partial charge is 0.119 e.